The van der Waals surface area contributed by atoms with Crippen molar-refractivity contribution >= 4 is 27.7 Å². The average Bonchev–Trinajstić information content (AvgIpc) is 2.47. The number of halogens is 1. The molecule has 2 aromatic rings. The molecule has 0 fully saturated rings. The standard InChI is InChI=1S/C17H20BrNOS/c1-12(2)19-11-13-4-5-14(18)10-17(13)21-16-8-6-15(20-3)7-9-16/h4-10,12,19H,11H2,1-3H3. The Balaban J connectivity index is 2.18. The highest BCUT2D eigenvalue weighted by Crippen LogP contribution is 2.33. The molecule has 2 nitrogen and oxygen atoms in total. The Bertz CT molecular complexity index is 584. The molecule has 0 saturated carbocycles. The van der Waals surface area contributed by atoms with Gasteiger partial charge in [0.2, 0.25) is 0 Å². The predicted octanol–water partition coefficient (Wildman–Crippen LogP) is 5.11. The van der Waals surface area contributed by atoms with Crippen molar-refractivity contribution in [3.8, 4) is 5.75 Å². The summed E-state index contributed by atoms with van der Waals surface area (Å²) < 4.78 is 6.30. The van der Waals surface area contributed by atoms with E-state index in [1.165, 1.54) is 15.4 Å². The van der Waals surface area contributed by atoms with Gasteiger partial charge in [0.15, 0.2) is 0 Å². The van der Waals surface area contributed by atoms with Crippen LogP contribution in [0.3, 0.4) is 0 Å². The van der Waals surface area contributed by atoms with Gasteiger partial charge < -0.3 is 10.1 Å². The molecule has 2 aromatic carbocycles. The number of nitrogens with one attached hydrogen (secondary N) is 1. The van der Waals surface area contributed by atoms with Gasteiger partial charge in [0.05, 0.1) is 7.11 Å². The zero-order valence-electron chi connectivity index (χ0n) is 12.5. The molecule has 0 aliphatic heterocycles. The number of hydrogen-bond acceptors (Lipinski definition) is 3. The zero-order valence-corrected chi connectivity index (χ0v) is 14.9. The van der Waals surface area contributed by atoms with Gasteiger partial charge in [-0.2, -0.15) is 0 Å². The minimum Gasteiger partial charge on any atom is -0.497 e. The van der Waals surface area contributed by atoms with Crippen LogP contribution < -0.4 is 10.1 Å². The minimum absolute atomic E-state index is 0.479. The summed E-state index contributed by atoms with van der Waals surface area (Å²) in [6.45, 7) is 5.20. The lowest BCUT2D eigenvalue weighted by Gasteiger charge is -2.13. The summed E-state index contributed by atoms with van der Waals surface area (Å²) in [5, 5.41) is 3.48. The molecule has 0 heterocycles. The lowest BCUT2D eigenvalue weighted by Crippen LogP contribution is -2.22. The number of hydrogen-bond donors (Lipinski definition) is 1. The van der Waals surface area contributed by atoms with Gasteiger partial charge in [0.25, 0.3) is 0 Å². The summed E-state index contributed by atoms with van der Waals surface area (Å²) in [6.07, 6.45) is 0. The molecule has 0 spiro atoms. The molecule has 0 aliphatic rings. The minimum atomic E-state index is 0.479. The van der Waals surface area contributed by atoms with E-state index in [4.69, 9.17) is 4.74 Å². The first-order chi connectivity index (χ1) is 10.1. The van der Waals surface area contributed by atoms with E-state index in [1.54, 1.807) is 18.9 Å². The lowest BCUT2D eigenvalue weighted by molar-refractivity contribution is 0.414. The summed E-state index contributed by atoms with van der Waals surface area (Å²) in [5.41, 5.74) is 1.31. The second kappa shape index (κ2) is 7.87. The molecule has 0 radical (unpaired) electrons. The molecule has 0 bridgehead atoms. The van der Waals surface area contributed by atoms with Gasteiger partial charge in [-0.05, 0) is 42.0 Å². The highest BCUT2D eigenvalue weighted by molar-refractivity contribution is 9.10. The second-order valence-electron chi connectivity index (χ2n) is 5.07. The molecule has 2 rings (SSSR count). The van der Waals surface area contributed by atoms with Gasteiger partial charge in [0.1, 0.15) is 5.75 Å². The van der Waals surface area contributed by atoms with E-state index in [0.29, 0.717) is 6.04 Å². The van der Waals surface area contributed by atoms with Gasteiger partial charge in [-0.1, -0.05) is 47.6 Å². The van der Waals surface area contributed by atoms with Crippen molar-refractivity contribution in [2.24, 2.45) is 0 Å². The Labute approximate surface area is 139 Å². The van der Waals surface area contributed by atoms with Gasteiger partial charge in [-0.3, -0.25) is 0 Å². The first-order valence-corrected chi connectivity index (χ1v) is 8.53. The monoisotopic (exact) mass is 365 g/mol. The molecule has 0 atom stereocenters. The number of rotatable bonds is 6. The van der Waals surface area contributed by atoms with Crippen LogP contribution in [0, 0.1) is 0 Å². The van der Waals surface area contributed by atoms with Crippen molar-refractivity contribution in [3.05, 3.63) is 52.5 Å². The van der Waals surface area contributed by atoms with Crippen LogP contribution in [0.2, 0.25) is 0 Å². The fourth-order valence-corrected chi connectivity index (χ4v) is 3.35. The predicted molar refractivity (Wildman–Crippen MR) is 93.2 cm³/mol. The van der Waals surface area contributed by atoms with E-state index in [-0.39, 0.29) is 0 Å². The van der Waals surface area contributed by atoms with Gasteiger partial charge in [-0.15, -0.1) is 0 Å². The van der Waals surface area contributed by atoms with Crippen molar-refractivity contribution in [1.29, 1.82) is 0 Å². The Morgan fingerprint density at radius 3 is 2.48 bits per heavy atom. The highest BCUT2D eigenvalue weighted by atomic mass is 79.9. The lowest BCUT2D eigenvalue weighted by atomic mass is 10.2. The number of ether oxygens (including phenoxy) is 1. The van der Waals surface area contributed by atoms with Crippen LogP contribution in [0.4, 0.5) is 0 Å². The fourth-order valence-electron chi connectivity index (χ4n) is 1.85. The molecular formula is C17H20BrNOS. The third-order valence-corrected chi connectivity index (χ3v) is 4.62. The van der Waals surface area contributed by atoms with Crippen LogP contribution in [0.5, 0.6) is 5.75 Å². The van der Waals surface area contributed by atoms with Crippen molar-refractivity contribution < 1.29 is 4.74 Å². The Kier molecular flexibility index (Phi) is 6.15. The van der Waals surface area contributed by atoms with Crippen LogP contribution in [0.1, 0.15) is 19.4 Å². The van der Waals surface area contributed by atoms with E-state index in [1.807, 2.05) is 12.1 Å². The summed E-state index contributed by atoms with van der Waals surface area (Å²) in [4.78, 5) is 2.47. The Morgan fingerprint density at radius 1 is 1.14 bits per heavy atom. The molecule has 112 valence electrons. The van der Waals surface area contributed by atoms with Crippen LogP contribution in [0.25, 0.3) is 0 Å². The van der Waals surface area contributed by atoms with Gasteiger partial charge in [-0.25, -0.2) is 0 Å². The molecule has 0 aliphatic carbocycles. The number of methoxy groups -OCH3 is 1. The van der Waals surface area contributed by atoms with Crippen molar-refractivity contribution in [1.82, 2.24) is 5.32 Å². The van der Waals surface area contributed by atoms with Crippen LogP contribution in [0.15, 0.2) is 56.7 Å². The number of benzene rings is 2. The average molecular weight is 366 g/mol. The topological polar surface area (TPSA) is 21.3 Å². The summed E-state index contributed by atoms with van der Waals surface area (Å²) in [6, 6.07) is 15.1. The smallest absolute Gasteiger partial charge is 0.118 e. The first-order valence-electron chi connectivity index (χ1n) is 6.92. The third-order valence-electron chi connectivity index (χ3n) is 3.02. The Hall–Kier alpha value is -0.970. The van der Waals surface area contributed by atoms with Crippen LogP contribution in [-0.2, 0) is 6.54 Å². The van der Waals surface area contributed by atoms with Crippen molar-refractivity contribution in [2.75, 3.05) is 7.11 Å². The van der Waals surface area contributed by atoms with E-state index in [2.05, 4.69) is 65.4 Å². The summed E-state index contributed by atoms with van der Waals surface area (Å²) in [5.74, 6) is 0.885. The van der Waals surface area contributed by atoms with Crippen molar-refractivity contribution in [2.45, 2.75) is 36.2 Å². The molecule has 21 heavy (non-hydrogen) atoms. The summed E-state index contributed by atoms with van der Waals surface area (Å²) >= 11 is 5.33. The third kappa shape index (κ3) is 5.06. The zero-order chi connectivity index (χ0) is 15.2. The molecule has 0 saturated heterocycles. The molecule has 0 amide bonds. The van der Waals surface area contributed by atoms with E-state index >= 15 is 0 Å². The van der Waals surface area contributed by atoms with E-state index < -0.39 is 0 Å². The SMILES string of the molecule is COc1ccc(Sc2cc(Br)ccc2CNC(C)C)cc1. The molecule has 0 aromatic heterocycles. The van der Waals surface area contributed by atoms with Crippen LogP contribution in [-0.4, -0.2) is 13.2 Å². The normalized spacial score (nSPS) is 10.9. The maximum absolute atomic E-state index is 5.20. The molecule has 1 N–H and O–H groups in total. The first kappa shape index (κ1) is 16.4. The quantitative estimate of drug-likeness (QED) is 0.768. The van der Waals surface area contributed by atoms with Gasteiger partial charge in [0, 0.05) is 26.9 Å². The second-order valence-corrected chi connectivity index (χ2v) is 7.10. The largest absolute Gasteiger partial charge is 0.497 e. The van der Waals surface area contributed by atoms with E-state index in [9.17, 15) is 0 Å². The Morgan fingerprint density at radius 2 is 1.86 bits per heavy atom. The maximum Gasteiger partial charge on any atom is 0.118 e. The summed E-state index contributed by atoms with van der Waals surface area (Å²) in [7, 11) is 1.69. The van der Waals surface area contributed by atoms with E-state index in [0.717, 1.165) is 16.8 Å². The molecular weight excluding hydrogens is 346 g/mol. The van der Waals surface area contributed by atoms with Crippen LogP contribution >= 0.6 is 27.7 Å². The molecule has 4 heteroatoms. The maximum atomic E-state index is 5.20. The van der Waals surface area contributed by atoms with Crippen molar-refractivity contribution in [3.63, 3.8) is 0 Å². The van der Waals surface area contributed by atoms with Gasteiger partial charge >= 0.3 is 0 Å². The highest BCUT2D eigenvalue weighted by Gasteiger charge is 2.06. The molecule has 0 unspecified atom stereocenters. The fraction of sp³-hybridized carbons (Fsp3) is 0.294.